The van der Waals surface area contributed by atoms with Gasteiger partial charge < -0.3 is 20.3 Å². The Balaban J connectivity index is 2.27. The Hall–Kier alpha value is -1.68. The number of hydrogen-bond acceptors (Lipinski definition) is 6. The quantitative estimate of drug-likeness (QED) is 0.589. The number of carbonyl (C=O) groups excluding carboxylic acids is 1. The molecule has 2 rings (SSSR count). The van der Waals surface area contributed by atoms with Crippen LogP contribution < -0.4 is 15.5 Å². The van der Waals surface area contributed by atoms with Crippen molar-refractivity contribution in [2.45, 2.75) is 18.2 Å². The summed E-state index contributed by atoms with van der Waals surface area (Å²) in [5, 5.41) is 6.10. The summed E-state index contributed by atoms with van der Waals surface area (Å²) < 4.78 is 31.5. The Labute approximate surface area is 161 Å². The van der Waals surface area contributed by atoms with E-state index in [2.05, 4.69) is 22.5 Å². The highest BCUT2D eigenvalue weighted by Gasteiger charge is 2.24. The molecule has 1 aliphatic rings. The molecule has 1 amide bonds. The second-order valence-corrected chi connectivity index (χ2v) is 8.72. The van der Waals surface area contributed by atoms with E-state index >= 15 is 0 Å². The molecular weight excluding hydrogens is 368 g/mol. The largest absolute Gasteiger partial charge is 0.378 e. The minimum absolute atomic E-state index is 0.110. The molecule has 1 fully saturated rings. The zero-order valence-electron chi connectivity index (χ0n) is 16.3. The summed E-state index contributed by atoms with van der Waals surface area (Å²) in [6, 6.07) is 4.74. The van der Waals surface area contributed by atoms with Crippen molar-refractivity contribution in [2.75, 3.05) is 64.9 Å². The lowest BCUT2D eigenvalue weighted by Crippen LogP contribution is -2.38. The van der Waals surface area contributed by atoms with Crippen LogP contribution in [0.5, 0.6) is 0 Å². The number of carbonyl (C=O) groups is 1. The van der Waals surface area contributed by atoms with Gasteiger partial charge >= 0.3 is 0 Å². The molecule has 0 aliphatic carbocycles. The Morgan fingerprint density at radius 1 is 1.19 bits per heavy atom. The van der Waals surface area contributed by atoms with E-state index in [1.54, 1.807) is 12.1 Å². The smallest absolute Gasteiger partial charge is 0.253 e. The van der Waals surface area contributed by atoms with E-state index in [0.29, 0.717) is 45.0 Å². The number of morpholine rings is 1. The molecule has 8 nitrogen and oxygen atoms in total. The van der Waals surface area contributed by atoms with Crippen molar-refractivity contribution in [3.05, 3.63) is 23.8 Å². The molecule has 1 heterocycles. The molecule has 27 heavy (non-hydrogen) atoms. The minimum Gasteiger partial charge on any atom is -0.378 e. The summed E-state index contributed by atoms with van der Waals surface area (Å²) in [5.41, 5.74) is 1.10. The van der Waals surface area contributed by atoms with Crippen molar-refractivity contribution in [3.8, 4) is 0 Å². The molecule has 0 saturated carbocycles. The van der Waals surface area contributed by atoms with E-state index in [4.69, 9.17) is 4.74 Å². The fourth-order valence-corrected chi connectivity index (χ4v) is 3.74. The third-order valence-corrected chi connectivity index (χ3v) is 6.17. The molecule has 1 aliphatic heterocycles. The Bertz CT molecular complexity index is 731. The molecule has 1 aromatic carbocycles. The highest BCUT2D eigenvalue weighted by atomic mass is 32.2. The predicted molar refractivity (Wildman–Crippen MR) is 106 cm³/mol. The van der Waals surface area contributed by atoms with Crippen molar-refractivity contribution in [1.29, 1.82) is 0 Å². The maximum atomic E-state index is 12.8. The fourth-order valence-electron chi connectivity index (χ4n) is 2.81. The SMILES string of the molecule is CCCNCCNC(=O)c1cc(S(=O)(=O)N(C)C)ccc1N1CCOCC1. The standard InChI is InChI=1S/C18H30N4O4S/c1-4-7-19-8-9-20-18(23)16-14-15(27(24,25)21(2)3)5-6-17(16)22-10-12-26-13-11-22/h5-6,14,19H,4,7-13H2,1-3H3,(H,20,23). The molecule has 0 bridgehead atoms. The predicted octanol–water partition coefficient (Wildman–Crippen LogP) is 0.503. The first-order chi connectivity index (χ1) is 12.9. The first-order valence-corrected chi connectivity index (χ1v) is 10.7. The van der Waals surface area contributed by atoms with Crippen LogP contribution in [0, 0.1) is 0 Å². The van der Waals surface area contributed by atoms with Gasteiger partial charge in [-0.25, -0.2) is 12.7 Å². The van der Waals surface area contributed by atoms with Crippen LogP contribution in [-0.2, 0) is 14.8 Å². The van der Waals surface area contributed by atoms with Crippen LogP contribution >= 0.6 is 0 Å². The molecule has 1 saturated heterocycles. The fraction of sp³-hybridized carbons (Fsp3) is 0.611. The molecule has 9 heteroatoms. The lowest BCUT2D eigenvalue weighted by Gasteiger charge is -2.30. The monoisotopic (exact) mass is 398 g/mol. The second kappa shape index (κ2) is 10.0. The average molecular weight is 399 g/mol. The maximum absolute atomic E-state index is 12.8. The van der Waals surface area contributed by atoms with Crippen molar-refractivity contribution in [2.24, 2.45) is 0 Å². The van der Waals surface area contributed by atoms with E-state index in [1.807, 2.05) is 0 Å². The van der Waals surface area contributed by atoms with Gasteiger partial charge in [0.2, 0.25) is 10.0 Å². The normalized spacial score (nSPS) is 15.2. The van der Waals surface area contributed by atoms with Gasteiger partial charge in [-0.05, 0) is 31.2 Å². The van der Waals surface area contributed by atoms with Crippen LogP contribution in [0.25, 0.3) is 0 Å². The topological polar surface area (TPSA) is 91.0 Å². The zero-order valence-corrected chi connectivity index (χ0v) is 17.1. The lowest BCUT2D eigenvalue weighted by molar-refractivity contribution is 0.0952. The summed E-state index contributed by atoms with van der Waals surface area (Å²) in [5.74, 6) is -0.273. The number of anilines is 1. The van der Waals surface area contributed by atoms with E-state index in [1.165, 1.54) is 20.2 Å². The summed E-state index contributed by atoms with van der Waals surface area (Å²) in [4.78, 5) is 14.9. The zero-order chi connectivity index (χ0) is 19.9. The number of ether oxygens (including phenoxy) is 1. The van der Waals surface area contributed by atoms with Gasteiger partial charge in [0.25, 0.3) is 5.91 Å². The molecule has 0 radical (unpaired) electrons. The van der Waals surface area contributed by atoms with Gasteiger partial charge in [-0.1, -0.05) is 6.92 Å². The number of benzene rings is 1. The van der Waals surface area contributed by atoms with Crippen molar-refractivity contribution in [3.63, 3.8) is 0 Å². The molecule has 0 spiro atoms. The number of sulfonamides is 1. The van der Waals surface area contributed by atoms with Crippen molar-refractivity contribution in [1.82, 2.24) is 14.9 Å². The molecule has 0 unspecified atom stereocenters. The molecule has 0 atom stereocenters. The molecule has 1 aromatic rings. The summed E-state index contributed by atoms with van der Waals surface area (Å²) in [6.45, 7) is 6.62. The highest BCUT2D eigenvalue weighted by molar-refractivity contribution is 7.89. The van der Waals surface area contributed by atoms with Crippen LogP contribution in [0.15, 0.2) is 23.1 Å². The van der Waals surface area contributed by atoms with Gasteiger partial charge in [0.1, 0.15) is 0 Å². The Morgan fingerprint density at radius 2 is 1.89 bits per heavy atom. The van der Waals surface area contributed by atoms with Crippen molar-refractivity contribution >= 4 is 21.6 Å². The van der Waals surface area contributed by atoms with Crippen LogP contribution in [0.1, 0.15) is 23.7 Å². The first-order valence-electron chi connectivity index (χ1n) is 9.26. The third-order valence-electron chi connectivity index (χ3n) is 4.36. The van der Waals surface area contributed by atoms with E-state index in [0.717, 1.165) is 23.0 Å². The van der Waals surface area contributed by atoms with Crippen LogP contribution in [-0.4, -0.2) is 78.7 Å². The Kier molecular flexibility index (Phi) is 8.03. The first kappa shape index (κ1) is 21.6. The third kappa shape index (κ3) is 5.65. The van der Waals surface area contributed by atoms with Gasteiger partial charge in [0, 0.05) is 46.0 Å². The summed E-state index contributed by atoms with van der Waals surface area (Å²) in [6.07, 6.45) is 1.03. The highest BCUT2D eigenvalue weighted by Crippen LogP contribution is 2.26. The van der Waals surface area contributed by atoms with Gasteiger partial charge in [0.15, 0.2) is 0 Å². The number of nitrogens with zero attached hydrogens (tertiary/aromatic N) is 2. The molecule has 152 valence electrons. The molecular formula is C18H30N4O4S. The van der Waals surface area contributed by atoms with E-state index < -0.39 is 10.0 Å². The second-order valence-electron chi connectivity index (χ2n) is 6.57. The van der Waals surface area contributed by atoms with E-state index in [-0.39, 0.29) is 10.8 Å². The summed E-state index contributed by atoms with van der Waals surface area (Å²) >= 11 is 0. The van der Waals surface area contributed by atoms with Crippen LogP contribution in [0.3, 0.4) is 0 Å². The number of hydrogen-bond donors (Lipinski definition) is 2. The number of amides is 1. The molecule has 2 N–H and O–H groups in total. The van der Waals surface area contributed by atoms with Gasteiger partial charge in [-0.15, -0.1) is 0 Å². The number of rotatable bonds is 9. The van der Waals surface area contributed by atoms with Gasteiger partial charge in [-0.3, -0.25) is 4.79 Å². The van der Waals surface area contributed by atoms with Crippen LogP contribution in [0.2, 0.25) is 0 Å². The van der Waals surface area contributed by atoms with Gasteiger partial charge in [0.05, 0.1) is 23.7 Å². The van der Waals surface area contributed by atoms with Gasteiger partial charge in [-0.2, -0.15) is 0 Å². The van der Waals surface area contributed by atoms with Crippen LogP contribution in [0.4, 0.5) is 5.69 Å². The summed E-state index contributed by atoms with van der Waals surface area (Å²) in [7, 11) is -0.662. The minimum atomic E-state index is -3.62. The maximum Gasteiger partial charge on any atom is 0.253 e. The lowest BCUT2D eigenvalue weighted by atomic mass is 10.1. The van der Waals surface area contributed by atoms with E-state index in [9.17, 15) is 13.2 Å². The average Bonchev–Trinajstić information content (AvgIpc) is 2.67. The number of nitrogens with one attached hydrogen (secondary N) is 2. The molecule has 0 aromatic heterocycles. The Morgan fingerprint density at radius 3 is 2.52 bits per heavy atom. The van der Waals surface area contributed by atoms with Crippen molar-refractivity contribution < 1.29 is 17.9 Å².